The van der Waals surface area contributed by atoms with Gasteiger partial charge in [-0.3, -0.25) is 0 Å². The summed E-state index contributed by atoms with van der Waals surface area (Å²) in [5.41, 5.74) is 0. The number of hydrogen-bond donors (Lipinski definition) is 0. The van der Waals surface area contributed by atoms with E-state index in [1.54, 1.807) is 7.11 Å². The summed E-state index contributed by atoms with van der Waals surface area (Å²) in [6, 6.07) is 2.13. The van der Waals surface area contributed by atoms with Crippen LogP contribution < -0.4 is 0 Å². The van der Waals surface area contributed by atoms with Crippen LogP contribution in [0.15, 0.2) is 4.52 Å². The Morgan fingerprint density at radius 2 is 2.12 bits per heavy atom. The molecule has 0 aliphatic carbocycles. The van der Waals surface area contributed by atoms with Crippen LogP contribution in [0.3, 0.4) is 0 Å². The lowest BCUT2D eigenvalue weighted by Crippen LogP contribution is -2.10. The van der Waals surface area contributed by atoms with E-state index < -0.39 is 0 Å². The Morgan fingerprint density at radius 1 is 1.41 bits per heavy atom. The van der Waals surface area contributed by atoms with Crippen molar-refractivity contribution in [3.63, 3.8) is 0 Å². The third kappa shape index (κ3) is 3.82. The Morgan fingerprint density at radius 3 is 2.65 bits per heavy atom. The van der Waals surface area contributed by atoms with Crippen molar-refractivity contribution in [3.8, 4) is 6.07 Å². The van der Waals surface area contributed by atoms with Crippen LogP contribution in [0, 0.1) is 23.2 Å². The number of methoxy groups -OCH3 is 1. The van der Waals surface area contributed by atoms with Crippen molar-refractivity contribution >= 4 is 0 Å². The van der Waals surface area contributed by atoms with E-state index in [1.807, 2.05) is 20.8 Å². The SMILES string of the molecule is COC(c1noc(CC(C)CC#N)n1)C(C)C. The summed E-state index contributed by atoms with van der Waals surface area (Å²) in [6.07, 6.45) is 0.990. The van der Waals surface area contributed by atoms with Crippen LogP contribution in [-0.2, 0) is 11.2 Å². The van der Waals surface area contributed by atoms with Gasteiger partial charge in [0.1, 0.15) is 6.10 Å². The average molecular weight is 237 g/mol. The first kappa shape index (κ1) is 13.7. The average Bonchev–Trinajstić information content (AvgIpc) is 2.67. The molecule has 0 N–H and O–H groups in total. The molecule has 0 aromatic carbocycles. The van der Waals surface area contributed by atoms with Gasteiger partial charge in [-0.2, -0.15) is 10.2 Å². The smallest absolute Gasteiger partial charge is 0.227 e. The van der Waals surface area contributed by atoms with Crippen molar-refractivity contribution in [3.05, 3.63) is 11.7 Å². The highest BCUT2D eigenvalue weighted by molar-refractivity contribution is 4.94. The first-order chi connectivity index (χ1) is 8.08. The van der Waals surface area contributed by atoms with Crippen LogP contribution in [0.4, 0.5) is 0 Å². The van der Waals surface area contributed by atoms with E-state index in [2.05, 4.69) is 16.2 Å². The zero-order valence-corrected chi connectivity index (χ0v) is 10.8. The predicted molar refractivity (Wildman–Crippen MR) is 62.0 cm³/mol. The Bertz CT molecular complexity index is 381. The molecular weight excluding hydrogens is 218 g/mol. The molecule has 0 bridgehead atoms. The van der Waals surface area contributed by atoms with E-state index in [0.717, 1.165) is 0 Å². The lowest BCUT2D eigenvalue weighted by Gasteiger charge is -2.14. The molecule has 0 saturated carbocycles. The van der Waals surface area contributed by atoms with E-state index in [1.165, 1.54) is 0 Å². The Balaban J connectivity index is 2.68. The maximum absolute atomic E-state index is 8.58. The summed E-state index contributed by atoms with van der Waals surface area (Å²) in [4.78, 5) is 4.31. The predicted octanol–water partition coefficient (Wildman–Crippen LogP) is 2.51. The van der Waals surface area contributed by atoms with Crippen LogP contribution in [0.1, 0.15) is 45.0 Å². The number of nitriles is 1. The lowest BCUT2D eigenvalue weighted by molar-refractivity contribution is 0.0555. The van der Waals surface area contributed by atoms with Gasteiger partial charge in [0.2, 0.25) is 11.7 Å². The molecule has 0 aliphatic heterocycles. The zero-order valence-electron chi connectivity index (χ0n) is 10.8. The minimum Gasteiger partial charge on any atom is -0.373 e. The fourth-order valence-electron chi connectivity index (χ4n) is 1.67. The standard InChI is InChI=1S/C12H19N3O2/c1-8(2)11(16-4)12-14-10(17-15-12)7-9(3)5-6-13/h8-9,11H,5,7H2,1-4H3. The minimum absolute atomic E-state index is 0.140. The molecule has 1 aromatic heterocycles. The van der Waals surface area contributed by atoms with E-state index in [9.17, 15) is 0 Å². The number of nitrogens with zero attached hydrogens (tertiary/aromatic N) is 3. The van der Waals surface area contributed by atoms with Gasteiger partial charge in [0.25, 0.3) is 0 Å². The molecule has 0 amide bonds. The number of aromatic nitrogens is 2. The molecule has 0 aliphatic rings. The Labute approximate surface area is 102 Å². The minimum atomic E-state index is -0.140. The second-order valence-corrected chi connectivity index (χ2v) is 4.62. The number of rotatable bonds is 6. The maximum atomic E-state index is 8.58. The normalized spacial score (nSPS) is 14.6. The molecule has 1 rings (SSSR count). The summed E-state index contributed by atoms with van der Waals surface area (Å²) < 4.78 is 10.5. The molecule has 1 aromatic rings. The van der Waals surface area contributed by atoms with Gasteiger partial charge in [0.05, 0.1) is 6.07 Å². The largest absolute Gasteiger partial charge is 0.373 e. The lowest BCUT2D eigenvalue weighted by atomic mass is 10.1. The highest BCUT2D eigenvalue weighted by Crippen LogP contribution is 2.22. The number of hydrogen-bond acceptors (Lipinski definition) is 5. The quantitative estimate of drug-likeness (QED) is 0.760. The summed E-state index contributed by atoms with van der Waals surface area (Å²) in [5, 5.41) is 12.5. The molecule has 0 spiro atoms. The van der Waals surface area contributed by atoms with Gasteiger partial charge >= 0.3 is 0 Å². The van der Waals surface area contributed by atoms with Gasteiger partial charge in [0, 0.05) is 20.0 Å². The second-order valence-electron chi connectivity index (χ2n) is 4.62. The summed E-state index contributed by atoms with van der Waals surface area (Å²) >= 11 is 0. The van der Waals surface area contributed by atoms with Gasteiger partial charge < -0.3 is 9.26 Å². The molecule has 5 heteroatoms. The highest BCUT2D eigenvalue weighted by Gasteiger charge is 2.21. The van der Waals surface area contributed by atoms with Gasteiger partial charge in [-0.25, -0.2) is 0 Å². The monoisotopic (exact) mass is 237 g/mol. The van der Waals surface area contributed by atoms with Crippen molar-refractivity contribution < 1.29 is 9.26 Å². The molecule has 2 unspecified atom stereocenters. The number of ether oxygens (including phenoxy) is 1. The zero-order chi connectivity index (χ0) is 12.8. The molecule has 1 heterocycles. The molecular formula is C12H19N3O2. The van der Waals surface area contributed by atoms with Crippen LogP contribution in [0.25, 0.3) is 0 Å². The van der Waals surface area contributed by atoms with Gasteiger partial charge in [-0.1, -0.05) is 25.9 Å². The maximum Gasteiger partial charge on any atom is 0.227 e. The van der Waals surface area contributed by atoms with Crippen molar-refractivity contribution in [1.82, 2.24) is 10.1 Å². The first-order valence-electron chi connectivity index (χ1n) is 5.80. The van der Waals surface area contributed by atoms with Crippen molar-refractivity contribution in [2.75, 3.05) is 7.11 Å². The van der Waals surface area contributed by atoms with Crippen molar-refractivity contribution in [2.45, 2.75) is 39.7 Å². The van der Waals surface area contributed by atoms with Crippen LogP contribution in [0.2, 0.25) is 0 Å². The molecule has 17 heavy (non-hydrogen) atoms. The summed E-state index contributed by atoms with van der Waals surface area (Å²) in [7, 11) is 1.64. The van der Waals surface area contributed by atoms with E-state index in [0.29, 0.717) is 30.5 Å². The summed E-state index contributed by atoms with van der Waals surface area (Å²) in [6.45, 7) is 6.08. The molecule has 94 valence electrons. The van der Waals surface area contributed by atoms with Gasteiger partial charge in [-0.05, 0) is 11.8 Å². The second kappa shape index (κ2) is 6.36. The molecule has 5 nitrogen and oxygen atoms in total. The molecule has 2 atom stereocenters. The van der Waals surface area contributed by atoms with Gasteiger partial charge in [0.15, 0.2) is 0 Å². The Kier molecular flexibility index (Phi) is 5.11. The third-order valence-corrected chi connectivity index (χ3v) is 2.56. The highest BCUT2D eigenvalue weighted by atomic mass is 16.5. The topological polar surface area (TPSA) is 71.9 Å². The third-order valence-electron chi connectivity index (χ3n) is 2.56. The van der Waals surface area contributed by atoms with Gasteiger partial charge in [-0.15, -0.1) is 0 Å². The van der Waals surface area contributed by atoms with Crippen molar-refractivity contribution in [1.29, 1.82) is 5.26 Å². The fraction of sp³-hybridized carbons (Fsp3) is 0.750. The molecule has 0 fully saturated rings. The van der Waals surface area contributed by atoms with E-state index in [4.69, 9.17) is 14.5 Å². The van der Waals surface area contributed by atoms with Crippen LogP contribution >= 0.6 is 0 Å². The molecule has 0 saturated heterocycles. The first-order valence-corrected chi connectivity index (χ1v) is 5.80. The van der Waals surface area contributed by atoms with E-state index >= 15 is 0 Å². The van der Waals surface area contributed by atoms with E-state index in [-0.39, 0.29) is 12.0 Å². The van der Waals surface area contributed by atoms with Crippen molar-refractivity contribution in [2.24, 2.45) is 11.8 Å². The van der Waals surface area contributed by atoms with Crippen LogP contribution in [0.5, 0.6) is 0 Å². The fourth-order valence-corrected chi connectivity index (χ4v) is 1.67. The molecule has 0 radical (unpaired) electrons. The Hall–Kier alpha value is -1.41. The van der Waals surface area contributed by atoms with Crippen LogP contribution in [-0.4, -0.2) is 17.3 Å². The summed E-state index contributed by atoms with van der Waals surface area (Å²) in [5.74, 6) is 1.68.